The quantitative estimate of drug-likeness (QED) is 0.777. The summed E-state index contributed by atoms with van der Waals surface area (Å²) in [6.45, 7) is 10.7. The van der Waals surface area contributed by atoms with E-state index in [9.17, 15) is 0 Å². The first-order valence-corrected chi connectivity index (χ1v) is 9.26. The van der Waals surface area contributed by atoms with Crippen LogP contribution in [0, 0.1) is 23.7 Å². The molecular weight excluding hydrogens is 292 g/mol. The average molecular weight is 321 g/mol. The van der Waals surface area contributed by atoms with E-state index in [1.807, 2.05) is 12.1 Å². The molecular formula is C19H29ClN2. The molecule has 1 aromatic rings. The van der Waals surface area contributed by atoms with Crippen molar-refractivity contribution in [3.8, 4) is 0 Å². The average Bonchev–Trinajstić information content (AvgIpc) is 2.98. The Hall–Kier alpha value is -0.570. The molecule has 22 heavy (non-hydrogen) atoms. The molecule has 0 bridgehead atoms. The van der Waals surface area contributed by atoms with E-state index in [-0.39, 0.29) is 0 Å². The molecule has 0 spiro atoms. The first kappa shape index (κ1) is 16.3. The summed E-state index contributed by atoms with van der Waals surface area (Å²) in [5.41, 5.74) is 1.38. The molecule has 122 valence electrons. The second kappa shape index (κ2) is 7.33. The molecule has 0 amide bonds. The van der Waals surface area contributed by atoms with E-state index in [1.54, 1.807) is 0 Å². The van der Waals surface area contributed by atoms with Crippen molar-refractivity contribution in [2.45, 2.75) is 33.2 Å². The minimum absolute atomic E-state index is 0.830. The SMILES string of the molecule is CCC(CC)CNCC1C2CN(Cc3ccc(Cl)cc3)CC12. The van der Waals surface area contributed by atoms with Crippen LogP contribution in [-0.2, 0) is 6.54 Å². The maximum atomic E-state index is 5.95. The molecule has 1 saturated heterocycles. The van der Waals surface area contributed by atoms with Gasteiger partial charge in [-0.15, -0.1) is 0 Å². The number of benzene rings is 1. The minimum Gasteiger partial charge on any atom is -0.316 e. The Morgan fingerprint density at radius 1 is 1.14 bits per heavy atom. The van der Waals surface area contributed by atoms with Crippen LogP contribution in [0.5, 0.6) is 0 Å². The lowest BCUT2D eigenvalue weighted by Gasteiger charge is -2.20. The molecule has 2 atom stereocenters. The molecule has 1 aromatic carbocycles. The predicted molar refractivity (Wildman–Crippen MR) is 94.1 cm³/mol. The Kier molecular flexibility index (Phi) is 5.43. The van der Waals surface area contributed by atoms with Gasteiger partial charge in [-0.1, -0.05) is 50.4 Å². The highest BCUT2D eigenvalue weighted by Crippen LogP contribution is 2.51. The molecule has 2 nitrogen and oxygen atoms in total. The van der Waals surface area contributed by atoms with Gasteiger partial charge in [0.2, 0.25) is 0 Å². The Labute approximate surface area is 140 Å². The zero-order valence-electron chi connectivity index (χ0n) is 13.9. The maximum Gasteiger partial charge on any atom is 0.0406 e. The van der Waals surface area contributed by atoms with E-state index < -0.39 is 0 Å². The van der Waals surface area contributed by atoms with Gasteiger partial charge in [0.1, 0.15) is 0 Å². The van der Waals surface area contributed by atoms with Crippen molar-refractivity contribution < 1.29 is 0 Å². The van der Waals surface area contributed by atoms with Crippen LogP contribution < -0.4 is 5.32 Å². The summed E-state index contributed by atoms with van der Waals surface area (Å²) >= 11 is 5.95. The van der Waals surface area contributed by atoms with Crippen molar-refractivity contribution in [2.24, 2.45) is 23.7 Å². The van der Waals surface area contributed by atoms with E-state index in [2.05, 4.69) is 36.2 Å². The number of piperidine rings is 1. The van der Waals surface area contributed by atoms with Crippen molar-refractivity contribution in [2.75, 3.05) is 26.2 Å². The summed E-state index contributed by atoms with van der Waals surface area (Å²) < 4.78 is 0. The molecule has 1 heterocycles. The highest BCUT2D eigenvalue weighted by atomic mass is 35.5. The minimum atomic E-state index is 0.830. The zero-order chi connectivity index (χ0) is 15.5. The molecule has 2 aliphatic rings. The zero-order valence-corrected chi connectivity index (χ0v) is 14.6. The first-order valence-electron chi connectivity index (χ1n) is 8.88. The summed E-state index contributed by atoms with van der Waals surface area (Å²) in [6.07, 6.45) is 2.60. The van der Waals surface area contributed by atoms with Crippen LogP contribution in [0.2, 0.25) is 5.02 Å². The second-order valence-corrected chi connectivity index (χ2v) is 7.59. The van der Waals surface area contributed by atoms with Gasteiger partial charge in [0.05, 0.1) is 0 Å². The van der Waals surface area contributed by atoms with Gasteiger partial charge in [-0.3, -0.25) is 4.90 Å². The van der Waals surface area contributed by atoms with Crippen LogP contribution in [0.1, 0.15) is 32.3 Å². The fourth-order valence-electron chi connectivity index (χ4n) is 4.05. The van der Waals surface area contributed by atoms with Crippen LogP contribution in [0.3, 0.4) is 0 Å². The van der Waals surface area contributed by atoms with E-state index >= 15 is 0 Å². The first-order chi connectivity index (χ1) is 10.7. The largest absolute Gasteiger partial charge is 0.316 e. The highest BCUT2D eigenvalue weighted by Gasteiger charge is 2.54. The number of nitrogens with zero attached hydrogens (tertiary/aromatic N) is 1. The fourth-order valence-corrected chi connectivity index (χ4v) is 4.17. The maximum absolute atomic E-state index is 5.95. The van der Waals surface area contributed by atoms with Crippen molar-refractivity contribution in [1.29, 1.82) is 0 Å². The van der Waals surface area contributed by atoms with Crippen molar-refractivity contribution in [1.82, 2.24) is 10.2 Å². The topological polar surface area (TPSA) is 15.3 Å². The molecule has 3 rings (SSSR count). The van der Waals surface area contributed by atoms with Crippen LogP contribution in [0.25, 0.3) is 0 Å². The molecule has 2 unspecified atom stereocenters. The summed E-state index contributed by atoms with van der Waals surface area (Å²) in [5.74, 6) is 3.69. The molecule has 1 aliphatic carbocycles. The van der Waals surface area contributed by atoms with Crippen LogP contribution in [0.15, 0.2) is 24.3 Å². The third-order valence-electron chi connectivity index (χ3n) is 5.73. The molecule has 3 heteroatoms. The summed E-state index contributed by atoms with van der Waals surface area (Å²) in [7, 11) is 0. The Bertz CT molecular complexity index is 457. The number of hydrogen-bond donors (Lipinski definition) is 1. The third-order valence-corrected chi connectivity index (χ3v) is 5.99. The van der Waals surface area contributed by atoms with Gasteiger partial charge in [-0.2, -0.15) is 0 Å². The third kappa shape index (κ3) is 3.84. The van der Waals surface area contributed by atoms with Gasteiger partial charge in [-0.25, -0.2) is 0 Å². The van der Waals surface area contributed by atoms with Gasteiger partial charge >= 0.3 is 0 Å². The van der Waals surface area contributed by atoms with Crippen LogP contribution in [-0.4, -0.2) is 31.1 Å². The summed E-state index contributed by atoms with van der Waals surface area (Å²) in [5, 5.41) is 4.55. The number of hydrogen-bond acceptors (Lipinski definition) is 2. The van der Waals surface area contributed by atoms with E-state index in [0.29, 0.717) is 0 Å². The van der Waals surface area contributed by atoms with Crippen molar-refractivity contribution >= 4 is 11.6 Å². The summed E-state index contributed by atoms with van der Waals surface area (Å²) in [6, 6.07) is 8.30. The number of halogens is 1. The smallest absolute Gasteiger partial charge is 0.0406 e. The lowest BCUT2D eigenvalue weighted by molar-refractivity contribution is 0.274. The molecule has 1 N–H and O–H groups in total. The van der Waals surface area contributed by atoms with E-state index in [0.717, 1.165) is 35.2 Å². The number of likely N-dealkylation sites (tertiary alicyclic amines) is 1. The second-order valence-electron chi connectivity index (χ2n) is 7.15. The Morgan fingerprint density at radius 2 is 1.77 bits per heavy atom. The highest BCUT2D eigenvalue weighted by molar-refractivity contribution is 6.30. The molecule has 0 aromatic heterocycles. The molecule has 1 aliphatic heterocycles. The van der Waals surface area contributed by atoms with Crippen LogP contribution >= 0.6 is 11.6 Å². The van der Waals surface area contributed by atoms with E-state index in [1.165, 1.54) is 44.6 Å². The fraction of sp³-hybridized carbons (Fsp3) is 0.684. The number of rotatable bonds is 8. The van der Waals surface area contributed by atoms with Gasteiger partial charge in [0.15, 0.2) is 0 Å². The van der Waals surface area contributed by atoms with Gasteiger partial charge in [0.25, 0.3) is 0 Å². The molecule has 1 saturated carbocycles. The molecule has 0 radical (unpaired) electrons. The Balaban J connectivity index is 1.36. The van der Waals surface area contributed by atoms with Gasteiger partial charge in [-0.05, 0) is 54.5 Å². The lowest BCUT2D eigenvalue weighted by atomic mass is 10.0. The number of fused-ring (bicyclic) bond motifs is 1. The summed E-state index contributed by atoms with van der Waals surface area (Å²) in [4.78, 5) is 2.61. The lowest BCUT2D eigenvalue weighted by Crippen LogP contribution is -2.29. The monoisotopic (exact) mass is 320 g/mol. The molecule has 2 fully saturated rings. The predicted octanol–water partition coefficient (Wildman–Crippen LogP) is 4.04. The number of nitrogens with one attached hydrogen (secondary N) is 1. The standard InChI is InChI=1S/C19H29ClN2/c1-3-14(4-2)9-21-10-17-18-12-22(13-19(17)18)11-15-5-7-16(20)8-6-15/h5-8,14,17-19,21H,3-4,9-13H2,1-2H3. The van der Waals surface area contributed by atoms with E-state index in [4.69, 9.17) is 11.6 Å². The Morgan fingerprint density at radius 3 is 2.36 bits per heavy atom. The normalized spacial score (nSPS) is 27.4. The van der Waals surface area contributed by atoms with Gasteiger partial charge < -0.3 is 5.32 Å². The van der Waals surface area contributed by atoms with Crippen LogP contribution in [0.4, 0.5) is 0 Å². The van der Waals surface area contributed by atoms with Crippen molar-refractivity contribution in [3.63, 3.8) is 0 Å². The van der Waals surface area contributed by atoms with Gasteiger partial charge in [0, 0.05) is 24.7 Å². The van der Waals surface area contributed by atoms with Crippen molar-refractivity contribution in [3.05, 3.63) is 34.9 Å².